The zero-order chi connectivity index (χ0) is 13.4. The lowest BCUT2D eigenvalue weighted by Crippen LogP contribution is -2.40. The van der Waals surface area contributed by atoms with Crippen LogP contribution in [0, 0.1) is 5.92 Å². The zero-order valence-corrected chi connectivity index (χ0v) is 13.6. The predicted octanol–water partition coefficient (Wildman–Crippen LogP) is 3.56. The molecule has 0 aromatic heterocycles. The first kappa shape index (κ1) is 15.3. The Labute approximate surface area is 134 Å². The minimum atomic E-state index is 0. The molecule has 2 aliphatic carbocycles. The van der Waals surface area contributed by atoms with Gasteiger partial charge < -0.3 is 5.32 Å². The third kappa shape index (κ3) is 3.28. The van der Waals surface area contributed by atoms with E-state index in [4.69, 9.17) is 0 Å². The van der Waals surface area contributed by atoms with Crippen molar-refractivity contribution in [2.24, 2.45) is 5.92 Å². The smallest absolute Gasteiger partial charge is 0.0357 e. The fraction of sp³-hybridized carbons (Fsp3) is 0.667. The molecule has 0 bridgehead atoms. The number of halogens is 1. The lowest BCUT2D eigenvalue weighted by molar-refractivity contribution is 0.144. The van der Waals surface area contributed by atoms with Crippen LogP contribution in [0.1, 0.15) is 49.3 Å². The van der Waals surface area contributed by atoms with Crippen molar-refractivity contribution in [2.45, 2.75) is 50.6 Å². The molecule has 2 fully saturated rings. The van der Waals surface area contributed by atoms with E-state index in [1.54, 1.807) is 11.1 Å². The maximum atomic E-state index is 3.58. The van der Waals surface area contributed by atoms with Crippen LogP contribution in [-0.2, 0) is 6.42 Å². The van der Waals surface area contributed by atoms with Crippen molar-refractivity contribution in [3.63, 3.8) is 0 Å². The second kappa shape index (κ2) is 6.68. The van der Waals surface area contributed by atoms with Crippen molar-refractivity contribution >= 4 is 12.4 Å². The normalized spacial score (nSPS) is 28.2. The molecular weight excluding hydrogens is 280 g/mol. The number of rotatable bonds is 4. The Hall–Kier alpha value is -0.570. The highest BCUT2D eigenvalue weighted by atomic mass is 35.5. The Morgan fingerprint density at radius 3 is 2.71 bits per heavy atom. The summed E-state index contributed by atoms with van der Waals surface area (Å²) < 4.78 is 0. The first-order valence-corrected chi connectivity index (χ1v) is 8.46. The molecule has 21 heavy (non-hydrogen) atoms. The molecule has 2 atom stereocenters. The minimum Gasteiger partial charge on any atom is -0.316 e. The molecule has 116 valence electrons. The highest BCUT2D eigenvalue weighted by Crippen LogP contribution is 2.42. The van der Waals surface area contributed by atoms with Gasteiger partial charge in [-0.1, -0.05) is 24.3 Å². The average Bonchev–Trinajstić information content (AvgIpc) is 3.25. The fourth-order valence-electron chi connectivity index (χ4n) is 4.19. The van der Waals surface area contributed by atoms with Crippen LogP contribution in [0.5, 0.6) is 0 Å². The van der Waals surface area contributed by atoms with Crippen molar-refractivity contribution < 1.29 is 0 Å². The van der Waals surface area contributed by atoms with E-state index >= 15 is 0 Å². The minimum absolute atomic E-state index is 0. The van der Waals surface area contributed by atoms with E-state index in [0.717, 1.165) is 12.0 Å². The molecule has 3 aliphatic rings. The summed E-state index contributed by atoms with van der Waals surface area (Å²) in [6.07, 6.45) is 8.27. The topological polar surface area (TPSA) is 15.3 Å². The molecular formula is C18H27ClN2. The van der Waals surface area contributed by atoms with Crippen molar-refractivity contribution in [1.29, 1.82) is 0 Å². The van der Waals surface area contributed by atoms with Gasteiger partial charge in [-0.15, -0.1) is 12.4 Å². The second-order valence-corrected chi connectivity index (χ2v) is 6.89. The van der Waals surface area contributed by atoms with Gasteiger partial charge in [0.2, 0.25) is 0 Å². The number of hydrogen-bond donors (Lipinski definition) is 1. The number of hydrogen-bond acceptors (Lipinski definition) is 2. The SMILES string of the molecule is Cl.c1ccc2c(c1)CCC2N(CC1CCCNC1)C1CC1. The third-order valence-electron chi connectivity index (χ3n) is 5.39. The third-order valence-corrected chi connectivity index (χ3v) is 5.39. The predicted molar refractivity (Wildman–Crippen MR) is 90.1 cm³/mol. The van der Waals surface area contributed by atoms with Gasteiger partial charge in [0.1, 0.15) is 0 Å². The maximum absolute atomic E-state index is 3.58. The van der Waals surface area contributed by atoms with Crippen molar-refractivity contribution in [1.82, 2.24) is 10.2 Å². The molecule has 0 radical (unpaired) electrons. The summed E-state index contributed by atoms with van der Waals surface area (Å²) >= 11 is 0. The van der Waals surface area contributed by atoms with Crippen LogP contribution >= 0.6 is 12.4 Å². The first-order chi connectivity index (χ1) is 9.92. The van der Waals surface area contributed by atoms with Crippen LogP contribution in [0.4, 0.5) is 0 Å². The number of piperidine rings is 1. The lowest BCUT2D eigenvalue weighted by Gasteiger charge is -2.34. The van der Waals surface area contributed by atoms with Crippen LogP contribution < -0.4 is 5.32 Å². The highest BCUT2D eigenvalue weighted by Gasteiger charge is 2.38. The Morgan fingerprint density at radius 1 is 1.10 bits per heavy atom. The van der Waals surface area contributed by atoms with Gasteiger partial charge in [-0.05, 0) is 68.7 Å². The molecule has 0 amide bonds. The van der Waals surface area contributed by atoms with E-state index in [1.807, 2.05) is 0 Å². The first-order valence-electron chi connectivity index (χ1n) is 8.46. The maximum Gasteiger partial charge on any atom is 0.0357 e. The van der Waals surface area contributed by atoms with Crippen LogP contribution in [-0.4, -0.2) is 30.6 Å². The van der Waals surface area contributed by atoms with E-state index in [0.29, 0.717) is 6.04 Å². The Balaban J connectivity index is 0.00000132. The summed E-state index contributed by atoms with van der Waals surface area (Å²) in [5.41, 5.74) is 3.23. The molecule has 2 unspecified atom stereocenters. The van der Waals surface area contributed by atoms with E-state index in [-0.39, 0.29) is 12.4 Å². The van der Waals surface area contributed by atoms with E-state index in [9.17, 15) is 0 Å². The van der Waals surface area contributed by atoms with Gasteiger partial charge in [0.15, 0.2) is 0 Å². The molecule has 1 aromatic rings. The van der Waals surface area contributed by atoms with Gasteiger partial charge in [-0.25, -0.2) is 0 Å². The van der Waals surface area contributed by atoms with Crippen molar-refractivity contribution in [3.8, 4) is 0 Å². The summed E-state index contributed by atoms with van der Waals surface area (Å²) in [6.45, 7) is 3.78. The monoisotopic (exact) mass is 306 g/mol. The van der Waals surface area contributed by atoms with E-state index in [2.05, 4.69) is 34.5 Å². The largest absolute Gasteiger partial charge is 0.316 e. The summed E-state index contributed by atoms with van der Waals surface area (Å²) in [5, 5.41) is 3.58. The van der Waals surface area contributed by atoms with E-state index in [1.165, 1.54) is 58.2 Å². The number of nitrogens with zero attached hydrogens (tertiary/aromatic N) is 1. The Bertz CT molecular complexity index is 466. The van der Waals surface area contributed by atoms with Gasteiger partial charge in [-0.3, -0.25) is 4.90 Å². The molecule has 2 nitrogen and oxygen atoms in total. The fourth-order valence-corrected chi connectivity index (χ4v) is 4.19. The Morgan fingerprint density at radius 2 is 1.95 bits per heavy atom. The summed E-state index contributed by atoms with van der Waals surface area (Å²) in [6, 6.07) is 10.7. The second-order valence-electron chi connectivity index (χ2n) is 6.89. The molecule has 1 aromatic carbocycles. The van der Waals surface area contributed by atoms with Gasteiger partial charge >= 0.3 is 0 Å². The highest BCUT2D eigenvalue weighted by molar-refractivity contribution is 5.85. The molecule has 4 rings (SSSR count). The number of nitrogens with one attached hydrogen (secondary N) is 1. The number of benzene rings is 1. The number of aryl methyl sites for hydroxylation is 1. The quantitative estimate of drug-likeness (QED) is 0.915. The van der Waals surface area contributed by atoms with E-state index < -0.39 is 0 Å². The van der Waals surface area contributed by atoms with Crippen LogP contribution in [0.25, 0.3) is 0 Å². The van der Waals surface area contributed by atoms with Crippen molar-refractivity contribution in [3.05, 3.63) is 35.4 Å². The van der Waals surface area contributed by atoms with Gasteiger partial charge in [-0.2, -0.15) is 0 Å². The molecule has 3 heteroatoms. The van der Waals surface area contributed by atoms with Crippen LogP contribution in [0.2, 0.25) is 0 Å². The lowest BCUT2D eigenvalue weighted by atomic mass is 9.97. The molecule has 1 N–H and O–H groups in total. The molecule has 1 heterocycles. The molecule has 1 saturated heterocycles. The molecule has 1 aliphatic heterocycles. The number of fused-ring (bicyclic) bond motifs is 1. The summed E-state index contributed by atoms with van der Waals surface area (Å²) in [7, 11) is 0. The van der Waals surface area contributed by atoms with Crippen molar-refractivity contribution in [2.75, 3.05) is 19.6 Å². The zero-order valence-electron chi connectivity index (χ0n) is 12.8. The molecule has 0 spiro atoms. The Kier molecular flexibility index (Phi) is 4.88. The summed E-state index contributed by atoms with van der Waals surface area (Å²) in [5.74, 6) is 0.872. The van der Waals surface area contributed by atoms with Gasteiger partial charge in [0.05, 0.1) is 0 Å². The average molecular weight is 307 g/mol. The van der Waals surface area contributed by atoms with Crippen LogP contribution in [0.15, 0.2) is 24.3 Å². The molecule has 1 saturated carbocycles. The van der Waals surface area contributed by atoms with Gasteiger partial charge in [0, 0.05) is 18.6 Å². The summed E-state index contributed by atoms with van der Waals surface area (Å²) in [4.78, 5) is 2.86. The van der Waals surface area contributed by atoms with Crippen LogP contribution in [0.3, 0.4) is 0 Å². The standard InChI is InChI=1S/C18H26N2.ClH/c1-2-6-17-15(5-1)7-10-18(17)20(16-8-9-16)13-14-4-3-11-19-12-14;/h1-2,5-6,14,16,18-19H,3-4,7-13H2;1H. The van der Waals surface area contributed by atoms with Gasteiger partial charge in [0.25, 0.3) is 0 Å².